The molecule has 0 bridgehead atoms. The molecule has 8 heteroatoms. The zero-order chi connectivity index (χ0) is 22.7. The van der Waals surface area contributed by atoms with Crippen LogP contribution >= 0.6 is 0 Å². The van der Waals surface area contributed by atoms with E-state index in [1.165, 1.54) is 17.0 Å². The monoisotopic (exact) mass is 447 g/mol. The van der Waals surface area contributed by atoms with Gasteiger partial charge in [-0.25, -0.2) is 4.39 Å². The molecule has 0 radical (unpaired) electrons. The summed E-state index contributed by atoms with van der Waals surface area (Å²) in [6.07, 6.45) is -1.56. The number of aliphatic imine (C=N–C) groups is 1. The van der Waals surface area contributed by atoms with E-state index in [4.69, 9.17) is 4.74 Å². The van der Waals surface area contributed by atoms with Crippen LogP contribution in [0.15, 0.2) is 59.2 Å². The van der Waals surface area contributed by atoms with Crippen LogP contribution in [0, 0.1) is 11.7 Å². The van der Waals surface area contributed by atoms with Gasteiger partial charge >= 0.3 is 6.18 Å². The van der Waals surface area contributed by atoms with Crippen molar-refractivity contribution in [1.82, 2.24) is 10.2 Å². The number of halogens is 4. The van der Waals surface area contributed by atoms with Crippen molar-refractivity contribution in [3.05, 3.63) is 71.2 Å². The highest BCUT2D eigenvalue weighted by molar-refractivity contribution is 6.11. The third-order valence-electron chi connectivity index (χ3n) is 5.90. The van der Waals surface area contributed by atoms with E-state index in [2.05, 4.69) is 10.3 Å². The van der Waals surface area contributed by atoms with Gasteiger partial charge in [0, 0.05) is 23.4 Å². The van der Waals surface area contributed by atoms with Crippen LogP contribution in [0.5, 0.6) is 5.75 Å². The maximum atomic E-state index is 13.4. The molecular formula is C24H25F4N3O. The standard InChI is InChI=1S/C24H25F4N3O/c1-32-20-4-2-3-18(13-20)21-14-29-23(17-5-7-19(25)8-6-17)30-22(21)16-9-11-31(12-10-16)15-24(26,27)28/h2-8,13-14,16,23,30H,9-12,15H2,1H3. The summed E-state index contributed by atoms with van der Waals surface area (Å²) in [7, 11) is 1.60. The molecule has 4 nitrogen and oxygen atoms in total. The van der Waals surface area contributed by atoms with Crippen molar-refractivity contribution in [2.45, 2.75) is 25.2 Å². The van der Waals surface area contributed by atoms with Gasteiger partial charge in [0.1, 0.15) is 17.7 Å². The van der Waals surface area contributed by atoms with E-state index in [0.717, 1.165) is 22.4 Å². The largest absolute Gasteiger partial charge is 0.497 e. The second-order valence-electron chi connectivity index (χ2n) is 8.10. The highest BCUT2D eigenvalue weighted by atomic mass is 19.4. The lowest BCUT2D eigenvalue weighted by atomic mass is 9.87. The van der Waals surface area contributed by atoms with Crippen LogP contribution in [0.3, 0.4) is 0 Å². The van der Waals surface area contributed by atoms with Gasteiger partial charge in [0.2, 0.25) is 0 Å². The third kappa shape index (κ3) is 5.30. The zero-order valence-electron chi connectivity index (χ0n) is 17.7. The Morgan fingerprint density at radius 1 is 1.09 bits per heavy atom. The maximum absolute atomic E-state index is 13.4. The summed E-state index contributed by atoms with van der Waals surface area (Å²) in [6.45, 7) is -0.132. The quantitative estimate of drug-likeness (QED) is 0.641. The molecule has 0 amide bonds. The number of ether oxygens (including phenoxy) is 1. The minimum atomic E-state index is -4.19. The molecule has 1 N–H and O–H groups in total. The van der Waals surface area contributed by atoms with Crippen LogP contribution in [-0.2, 0) is 0 Å². The topological polar surface area (TPSA) is 36.9 Å². The van der Waals surface area contributed by atoms with E-state index in [-0.39, 0.29) is 17.9 Å². The summed E-state index contributed by atoms with van der Waals surface area (Å²) in [4.78, 5) is 6.09. The number of rotatable bonds is 5. The molecule has 0 spiro atoms. The molecular weight excluding hydrogens is 422 g/mol. The number of allylic oxidation sites excluding steroid dienone is 2. The molecule has 170 valence electrons. The number of methoxy groups -OCH3 is 1. The maximum Gasteiger partial charge on any atom is 0.401 e. The number of benzene rings is 2. The van der Waals surface area contributed by atoms with Crippen molar-refractivity contribution in [2.75, 3.05) is 26.7 Å². The van der Waals surface area contributed by atoms with E-state index >= 15 is 0 Å². The number of hydrogen-bond acceptors (Lipinski definition) is 4. The molecule has 1 saturated heterocycles. The highest BCUT2D eigenvalue weighted by Gasteiger charge is 2.34. The Morgan fingerprint density at radius 2 is 1.81 bits per heavy atom. The lowest BCUT2D eigenvalue weighted by molar-refractivity contribution is -0.148. The molecule has 4 rings (SSSR count). The summed E-state index contributed by atoms with van der Waals surface area (Å²) < 4.78 is 57.1. The van der Waals surface area contributed by atoms with Gasteiger partial charge in [-0.15, -0.1) is 0 Å². The van der Waals surface area contributed by atoms with Crippen molar-refractivity contribution in [1.29, 1.82) is 0 Å². The first kappa shape index (κ1) is 22.3. The summed E-state index contributed by atoms with van der Waals surface area (Å²) >= 11 is 0. The predicted molar refractivity (Wildman–Crippen MR) is 116 cm³/mol. The molecule has 1 unspecified atom stereocenters. The molecule has 0 saturated carbocycles. The number of piperidine rings is 1. The zero-order valence-corrected chi connectivity index (χ0v) is 17.7. The van der Waals surface area contributed by atoms with Crippen molar-refractivity contribution in [3.63, 3.8) is 0 Å². The van der Waals surface area contributed by atoms with Crippen LogP contribution in [0.1, 0.15) is 30.1 Å². The molecule has 2 aromatic rings. The van der Waals surface area contributed by atoms with E-state index < -0.39 is 12.7 Å². The summed E-state index contributed by atoms with van der Waals surface area (Å²) in [5.74, 6) is 0.456. The highest BCUT2D eigenvalue weighted by Crippen LogP contribution is 2.35. The second kappa shape index (κ2) is 9.32. The van der Waals surface area contributed by atoms with Crippen LogP contribution < -0.4 is 10.1 Å². The SMILES string of the molecule is COc1cccc(C2=C(C3CCN(CC(F)(F)F)CC3)NC(c3ccc(F)cc3)N=C2)c1. The molecule has 0 aliphatic carbocycles. The lowest BCUT2D eigenvalue weighted by Gasteiger charge is -2.36. The Kier molecular flexibility index (Phi) is 6.50. The summed E-state index contributed by atoms with van der Waals surface area (Å²) in [6, 6.07) is 13.8. The Morgan fingerprint density at radius 3 is 2.47 bits per heavy atom. The number of likely N-dealkylation sites (tertiary alicyclic amines) is 1. The fourth-order valence-corrected chi connectivity index (χ4v) is 4.29. The first-order chi connectivity index (χ1) is 15.3. The molecule has 2 aromatic carbocycles. The fourth-order valence-electron chi connectivity index (χ4n) is 4.29. The van der Waals surface area contributed by atoms with Gasteiger partial charge in [-0.2, -0.15) is 13.2 Å². The van der Waals surface area contributed by atoms with Gasteiger partial charge in [-0.05, 0) is 61.3 Å². The predicted octanol–water partition coefficient (Wildman–Crippen LogP) is 5.19. The number of hydrogen-bond donors (Lipinski definition) is 1. The van der Waals surface area contributed by atoms with Crippen molar-refractivity contribution in [3.8, 4) is 5.75 Å². The van der Waals surface area contributed by atoms with Gasteiger partial charge in [-0.1, -0.05) is 24.3 Å². The van der Waals surface area contributed by atoms with Gasteiger partial charge in [-0.3, -0.25) is 9.89 Å². The number of nitrogens with zero attached hydrogens (tertiary/aromatic N) is 2. The van der Waals surface area contributed by atoms with Crippen LogP contribution in [-0.4, -0.2) is 44.0 Å². The average Bonchev–Trinajstić information content (AvgIpc) is 2.79. The van der Waals surface area contributed by atoms with Crippen LogP contribution in [0.25, 0.3) is 5.57 Å². The Balaban J connectivity index is 1.61. The van der Waals surface area contributed by atoms with Gasteiger partial charge in [0.25, 0.3) is 0 Å². The van der Waals surface area contributed by atoms with E-state index in [1.54, 1.807) is 25.5 Å². The lowest BCUT2D eigenvalue weighted by Crippen LogP contribution is -2.42. The average molecular weight is 447 g/mol. The van der Waals surface area contributed by atoms with E-state index in [0.29, 0.717) is 31.7 Å². The molecule has 2 aliphatic heterocycles. The van der Waals surface area contributed by atoms with E-state index in [1.807, 2.05) is 24.3 Å². The Hall–Kier alpha value is -2.87. The number of alkyl halides is 3. The molecule has 0 aromatic heterocycles. The minimum absolute atomic E-state index is 0.0652. The fraction of sp³-hybridized carbons (Fsp3) is 0.375. The van der Waals surface area contributed by atoms with E-state index in [9.17, 15) is 17.6 Å². The third-order valence-corrected chi connectivity index (χ3v) is 5.90. The van der Waals surface area contributed by atoms with Crippen molar-refractivity contribution < 1.29 is 22.3 Å². The molecule has 32 heavy (non-hydrogen) atoms. The van der Waals surface area contributed by atoms with Crippen LogP contribution in [0.2, 0.25) is 0 Å². The Labute approximate surface area is 184 Å². The minimum Gasteiger partial charge on any atom is -0.497 e. The normalized spacial score (nSPS) is 20.3. The van der Waals surface area contributed by atoms with Crippen LogP contribution in [0.4, 0.5) is 17.6 Å². The first-order valence-electron chi connectivity index (χ1n) is 10.6. The molecule has 1 fully saturated rings. The number of nitrogens with one attached hydrogen (secondary N) is 1. The smallest absolute Gasteiger partial charge is 0.401 e. The van der Waals surface area contributed by atoms with Gasteiger partial charge in [0.15, 0.2) is 0 Å². The van der Waals surface area contributed by atoms with Crippen molar-refractivity contribution in [2.24, 2.45) is 10.9 Å². The molecule has 2 heterocycles. The second-order valence-corrected chi connectivity index (χ2v) is 8.10. The first-order valence-corrected chi connectivity index (χ1v) is 10.6. The van der Waals surface area contributed by atoms with Crippen molar-refractivity contribution >= 4 is 11.8 Å². The van der Waals surface area contributed by atoms with Gasteiger partial charge < -0.3 is 10.1 Å². The van der Waals surface area contributed by atoms with Gasteiger partial charge in [0.05, 0.1) is 13.7 Å². The molecule has 1 atom stereocenters. The summed E-state index contributed by atoms with van der Waals surface area (Å²) in [5.41, 5.74) is 3.59. The molecule has 2 aliphatic rings. The Bertz CT molecular complexity index is 993. The summed E-state index contributed by atoms with van der Waals surface area (Å²) in [5, 5.41) is 3.49.